The van der Waals surface area contributed by atoms with Gasteiger partial charge in [0.1, 0.15) is 0 Å². The Kier molecular flexibility index (Phi) is 5.46. The Balaban J connectivity index is 1.94. The number of benzene rings is 2. The molecular weight excluding hydrogens is 328 g/mol. The van der Waals surface area contributed by atoms with Crippen LogP contribution < -0.4 is 5.43 Å². The molecule has 0 aliphatic heterocycles. The molecule has 2 aromatic carbocycles. The Morgan fingerprint density at radius 1 is 1.10 bits per heavy atom. The normalized spacial score (nSPS) is 11.6. The van der Waals surface area contributed by atoms with Crippen molar-refractivity contribution < 1.29 is 4.79 Å². The molecule has 0 unspecified atom stereocenters. The van der Waals surface area contributed by atoms with Crippen molar-refractivity contribution in [1.82, 2.24) is 5.43 Å². The van der Waals surface area contributed by atoms with E-state index in [0.717, 1.165) is 15.6 Å². The van der Waals surface area contributed by atoms with Gasteiger partial charge in [-0.05, 0) is 42.3 Å². The number of allylic oxidation sites excluding steroid dienone is 1. The Morgan fingerprint density at radius 3 is 2.43 bits per heavy atom. The maximum absolute atomic E-state index is 11.8. The number of hydrogen-bond acceptors (Lipinski definition) is 2. The number of nitrogens with one attached hydrogen (secondary N) is 1. The largest absolute Gasteiger partial charge is 0.271 e. The van der Waals surface area contributed by atoms with E-state index in [-0.39, 0.29) is 5.91 Å². The summed E-state index contributed by atoms with van der Waals surface area (Å²) in [7, 11) is 0. The van der Waals surface area contributed by atoms with E-state index < -0.39 is 0 Å². The summed E-state index contributed by atoms with van der Waals surface area (Å²) < 4.78 is 0.934. The van der Waals surface area contributed by atoms with Crippen molar-refractivity contribution in [2.75, 3.05) is 0 Å². The third kappa shape index (κ3) is 5.00. The van der Waals surface area contributed by atoms with Crippen LogP contribution in [0.3, 0.4) is 0 Å². The third-order valence-corrected chi connectivity index (χ3v) is 3.26. The summed E-state index contributed by atoms with van der Waals surface area (Å²) in [5.74, 6) is -0.230. The molecule has 0 saturated heterocycles. The number of carbonyl (C=O) groups excluding carboxylic acids is 1. The number of hydrazone groups is 1. The van der Waals surface area contributed by atoms with E-state index >= 15 is 0 Å². The van der Waals surface area contributed by atoms with Gasteiger partial charge in [0.15, 0.2) is 0 Å². The van der Waals surface area contributed by atoms with Crippen molar-refractivity contribution in [2.24, 2.45) is 5.10 Å². The van der Waals surface area contributed by atoms with Crippen molar-refractivity contribution >= 4 is 34.1 Å². The summed E-state index contributed by atoms with van der Waals surface area (Å²) in [6, 6.07) is 17.1. The van der Waals surface area contributed by atoms with Gasteiger partial charge in [-0.15, -0.1) is 0 Å². The number of halogens is 1. The van der Waals surface area contributed by atoms with Crippen LogP contribution in [0.25, 0.3) is 6.08 Å². The van der Waals surface area contributed by atoms with Gasteiger partial charge >= 0.3 is 0 Å². The van der Waals surface area contributed by atoms with Crippen molar-refractivity contribution in [3.63, 3.8) is 0 Å². The van der Waals surface area contributed by atoms with Gasteiger partial charge in [-0.25, -0.2) is 5.43 Å². The molecule has 1 amide bonds. The van der Waals surface area contributed by atoms with Gasteiger partial charge < -0.3 is 0 Å². The predicted molar refractivity (Wildman–Crippen MR) is 90.2 cm³/mol. The van der Waals surface area contributed by atoms with Crippen LogP contribution in [0.2, 0.25) is 0 Å². The lowest BCUT2D eigenvalue weighted by Gasteiger charge is -2.00. The summed E-state index contributed by atoms with van der Waals surface area (Å²) in [4.78, 5) is 11.8. The summed E-state index contributed by atoms with van der Waals surface area (Å²) in [5.41, 5.74) is 5.13. The minimum atomic E-state index is -0.230. The second kappa shape index (κ2) is 7.55. The molecular formula is C17H15BrN2O. The van der Waals surface area contributed by atoms with Gasteiger partial charge in [-0.2, -0.15) is 5.10 Å². The molecule has 4 heteroatoms. The molecule has 1 N–H and O–H groups in total. The Hall–Kier alpha value is -2.20. The Bertz CT molecular complexity index is 661. The van der Waals surface area contributed by atoms with Crippen LogP contribution in [0, 0.1) is 0 Å². The lowest BCUT2D eigenvalue weighted by molar-refractivity contribution is 0.0955. The Labute approximate surface area is 132 Å². The molecule has 0 spiro atoms. The number of nitrogens with zero attached hydrogens (tertiary/aromatic N) is 1. The first kappa shape index (κ1) is 15.2. The first-order chi connectivity index (χ1) is 10.1. The highest BCUT2D eigenvalue weighted by atomic mass is 79.9. The van der Waals surface area contributed by atoms with E-state index in [2.05, 4.69) is 26.5 Å². The van der Waals surface area contributed by atoms with Crippen LogP contribution >= 0.6 is 15.9 Å². The maximum atomic E-state index is 11.8. The fourth-order valence-electron chi connectivity index (χ4n) is 1.71. The van der Waals surface area contributed by atoms with Gasteiger partial charge in [0, 0.05) is 10.0 Å². The maximum Gasteiger partial charge on any atom is 0.271 e. The van der Waals surface area contributed by atoms with E-state index in [0.29, 0.717) is 5.56 Å². The molecule has 2 aromatic rings. The number of hydrogen-bond donors (Lipinski definition) is 1. The van der Waals surface area contributed by atoms with Crippen molar-refractivity contribution in [1.29, 1.82) is 0 Å². The molecule has 0 radical (unpaired) electrons. The van der Waals surface area contributed by atoms with Gasteiger partial charge in [0.25, 0.3) is 5.91 Å². The molecule has 106 valence electrons. The third-order valence-electron chi connectivity index (χ3n) is 2.73. The smallest absolute Gasteiger partial charge is 0.267 e. The van der Waals surface area contributed by atoms with E-state index in [1.807, 2.05) is 55.5 Å². The molecule has 0 aliphatic rings. The molecule has 0 bridgehead atoms. The van der Waals surface area contributed by atoms with E-state index in [1.54, 1.807) is 18.3 Å². The van der Waals surface area contributed by atoms with Crippen molar-refractivity contribution in [3.8, 4) is 0 Å². The summed E-state index contributed by atoms with van der Waals surface area (Å²) in [6.45, 7) is 1.93. The first-order valence-corrected chi connectivity index (χ1v) is 7.27. The first-order valence-electron chi connectivity index (χ1n) is 6.47. The van der Waals surface area contributed by atoms with Gasteiger partial charge in [-0.1, -0.05) is 52.3 Å². The molecule has 0 aromatic heterocycles. The molecule has 0 aliphatic carbocycles. The molecule has 3 nitrogen and oxygen atoms in total. The molecule has 2 rings (SSSR count). The Morgan fingerprint density at radius 2 is 1.76 bits per heavy atom. The molecule has 0 heterocycles. The lowest BCUT2D eigenvalue weighted by atomic mass is 10.1. The molecule has 0 fully saturated rings. The van der Waals surface area contributed by atoms with Crippen LogP contribution in [0.5, 0.6) is 0 Å². The van der Waals surface area contributed by atoms with Crippen molar-refractivity contribution in [2.45, 2.75) is 6.92 Å². The fourth-order valence-corrected chi connectivity index (χ4v) is 1.97. The van der Waals surface area contributed by atoms with Gasteiger partial charge in [0.05, 0.1) is 6.21 Å². The zero-order valence-corrected chi connectivity index (χ0v) is 13.2. The summed E-state index contributed by atoms with van der Waals surface area (Å²) in [5, 5.41) is 3.96. The average Bonchev–Trinajstić information content (AvgIpc) is 2.49. The lowest BCUT2D eigenvalue weighted by Crippen LogP contribution is -2.17. The summed E-state index contributed by atoms with van der Waals surface area (Å²) in [6.07, 6.45) is 3.62. The zero-order valence-electron chi connectivity index (χ0n) is 11.6. The second-order valence-electron chi connectivity index (χ2n) is 4.51. The highest BCUT2D eigenvalue weighted by Crippen LogP contribution is 2.10. The standard InChI is InChI=1S/C17H15BrN2O/c1-13(11-14-5-3-2-4-6-14)12-19-20-17(21)15-7-9-16(18)10-8-15/h2-12H,1H3,(H,20,21)/b13-11-,19-12?. The van der Waals surface area contributed by atoms with Crippen LogP contribution in [0.15, 0.2) is 69.7 Å². The highest BCUT2D eigenvalue weighted by molar-refractivity contribution is 9.10. The number of carbonyl (C=O) groups is 1. The summed E-state index contributed by atoms with van der Waals surface area (Å²) >= 11 is 3.33. The van der Waals surface area contributed by atoms with Crippen LogP contribution in [-0.4, -0.2) is 12.1 Å². The predicted octanol–water partition coefficient (Wildman–Crippen LogP) is 4.27. The minimum Gasteiger partial charge on any atom is -0.267 e. The zero-order chi connectivity index (χ0) is 15.1. The topological polar surface area (TPSA) is 41.5 Å². The molecule has 21 heavy (non-hydrogen) atoms. The number of rotatable bonds is 4. The monoisotopic (exact) mass is 342 g/mol. The van der Waals surface area contributed by atoms with Crippen LogP contribution in [0.4, 0.5) is 0 Å². The fraction of sp³-hybridized carbons (Fsp3) is 0.0588. The van der Waals surface area contributed by atoms with E-state index in [4.69, 9.17) is 0 Å². The van der Waals surface area contributed by atoms with Crippen LogP contribution in [-0.2, 0) is 0 Å². The molecule has 0 saturated carbocycles. The van der Waals surface area contributed by atoms with Crippen molar-refractivity contribution in [3.05, 3.63) is 75.8 Å². The second-order valence-corrected chi connectivity index (χ2v) is 5.42. The van der Waals surface area contributed by atoms with Gasteiger partial charge in [0.2, 0.25) is 0 Å². The number of amides is 1. The quantitative estimate of drug-likeness (QED) is 0.654. The van der Waals surface area contributed by atoms with Gasteiger partial charge in [-0.3, -0.25) is 4.79 Å². The molecule has 0 atom stereocenters. The van der Waals surface area contributed by atoms with Crippen LogP contribution in [0.1, 0.15) is 22.8 Å². The highest BCUT2D eigenvalue weighted by Gasteiger charge is 2.02. The SMILES string of the molecule is C/C(C=NNC(=O)c1ccc(Br)cc1)=C/c1ccccc1. The van der Waals surface area contributed by atoms with E-state index in [1.165, 1.54) is 0 Å². The van der Waals surface area contributed by atoms with E-state index in [9.17, 15) is 4.79 Å². The average molecular weight is 343 g/mol. The minimum absolute atomic E-state index is 0.230.